The summed E-state index contributed by atoms with van der Waals surface area (Å²) in [5.74, 6) is -0.913. The number of hydrogen-bond acceptors (Lipinski definition) is 2. The Bertz CT molecular complexity index is 662. The molecular weight excluding hydrogens is 311 g/mol. The van der Waals surface area contributed by atoms with Crippen molar-refractivity contribution in [2.24, 2.45) is 0 Å². The van der Waals surface area contributed by atoms with Gasteiger partial charge >= 0.3 is 0 Å². The summed E-state index contributed by atoms with van der Waals surface area (Å²) < 4.78 is 13.4. The molecule has 1 amide bonds. The van der Waals surface area contributed by atoms with Gasteiger partial charge in [-0.3, -0.25) is 4.79 Å². The topological polar surface area (TPSA) is 52.9 Å². The van der Waals surface area contributed by atoms with Gasteiger partial charge in [0.15, 0.2) is 0 Å². The van der Waals surface area contributed by atoms with Gasteiger partial charge in [0.2, 0.25) is 0 Å². The molecule has 5 heteroatoms. The van der Waals surface area contributed by atoms with Crippen LogP contribution in [0.2, 0.25) is 0 Å². The number of rotatable bonds is 2. The Morgan fingerprint density at radius 2 is 1.89 bits per heavy atom. The standard InChI is InChI=1S/C14H8BrFN2O/c15-13-11(2-1-3-12(13)16)14(19)18-10-6-4-9(8-17)5-7-10/h1-7H,(H,18,19). The minimum Gasteiger partial charge on any atom is -0.322 e. The first-order valence-electron chi connectivity index (χ1n) is 5.37. The Morgan fingerprint density at radius 3 is 2.53 bits per heavy atom. The second kappa shape index (κ2) is 5.63. The predicted molar refractivity (Wildman–Crippen MR) is 73.2 cm³/mol. The smallest absolute Gasteiger partial charge is 0.256 e. The summed E-state index contributed by atoms with van der Waals surface area (Å²) >= 11 is 3.04. The van der Waals surface area contributed by atoms with Crippen LogP contribution in [0.3, 0.4) is 0 Å². The third-order valence-corrected chi connectivity index (χ3v) is 3.27. The molecular formula is C14H8BrFN2O. The van der Waals surface area contributed by atoms with E-state index in [2.05, 4.69) is 21.2 Å². The van der Waals surface area contributed by atoms with Gasteiger partial charge in [0.1, 0.15) is 5.82 Å². The molecule has 2 aromatic carbocycles. The van der Waals surface area contributed by atoms with Gasteiger partial charge in [-0.1, -0.05) is 6.07 Å². The number of anilines is 1. The van der Waals surface area contributed by atoms with E-state index in [1.54, 1.807) is 24.3 Å². The number of hydrogen-bond donors (Lipinski definition) is 1. The maximum atomic E-state index is 13.3. The summed E-state index contributed by atoms with van der Waals surface area (Å²) in [6.07, 6.45) is 0. The number of carbonyl (C=O) groups is 1. The fraction of sp³-hybridized carbons (Fsp3) is 0. The molecule has 0 aliphatic rings. The van der Waals surface area contributed by atoms with Crippen molar-refractivity contribution in [3.63, 3.8) is 0 Å². The van der Waals surface area contributed by atoms with Gasteiger partial charge in [-0.05, 0) is 52.3 Å². The number of nitrogens with zero attached hydrogens (tertiary/aromatic N) is 1. The molecule has 0 aliphatic carbocycles. The zero-order valence-corrected chi connectivity index (χ0v) is 11.2. The number of benzene rings is 2. The highest BCUT2D eigenvalue weighted by Gasteiger charge is 2.13. The summed E-state index contributed by atoms with van der Waals surface area (Å²) in [6, 6.07) is 12.7. The van der Waals surface area contributed by atoms with Crippen LogP contribution in [-0.2, 0) is 0 Å². The summed E-state index contributed by atoms with van der Waals surface area (Å²) in [5.41, 5.74) is 1.26. The molecule has 2 rings (SSSR count). The van der Waals surface area contributed by atoms with E-state index >= 15 is 0 Å². The van der Waals surface area contributed by atoms with Crippen molar-refractivity contribution in [3.05, 3.63) is 63.9 Å². The van der Waals surface area contributed by atoms with Crippen molar-refractivity contribution in [1.82, 2.24) is 0 Å². The van der Waals surface area contributed by atoms with Gasteiger partial charge in [-0.15, -0.1) is 0 Å². The van der Waals surface area contributed by atoms with E-state index in [9.17, 15) is 9.18 Å². The minimum atomic E-state index is -0.493. The lowest BCUT2D eigenvalue weighted by Gasteiger charge is -2.07. The summed E-state index contributed by atoms with van der Waals surface area (Å²) in [6.45, 7) is 0. The zero-order chi connectivity index (χ0) is 13.8. The molecule has 0 saturated heterocycles. The highest BCUT2D eigenvalue weighted by atomic mass is 79.9. The van der Waals surface area contributed by atoms with Crippen LogP contribution in [0.15, 0.2) is 46.9 Å². The van der Waals surface area contributed by atoms with Gasteiger partial charge in [-0.25, -0.2) is 4.39 Å². The highest BCUT2D eigenvalue weighted by Crippen LogP contribution is 2.21. The van der Waals surface area contributed by atoms with E-state index < -0.39 is 11.7 Å². The number of nitrogens with one attached hydrogen (secondary N) is 1. The Balaban J connectivity index is 2.21. The van der Waals surface area contributed by atoms with E-state index in [1.165, 1.54) is 18.2 Å². The Hall–Kier alpha value is -2.19. The van der Waals surface area contributed by atoms with Crippen LogP contribution >= 0.6 is 15.9 Å². The third kappa shape index (κ3) is 2.98. The zero-order valence-electron chi connectivity index (χ0n) is 9.65. The van der Waals surface area contributed by atoms with E-state index in [4.69, 9.17) is 5.26 Å². The van der Waals surface area contributed by atoms with E-state index in [0.29, 0.717) is 11.3 Å². The molecule has 2 aromatic rings. The Kier molecular flexibility index (Phi) is 3.93. The molecule has 0 radical (unpaired) electrons. The van der Waals surface area contributed by atoms with Crippen molar-refractivity contribution in [1.29, 1.82) is 5.26 Å². The quantitative estimate of drug-likeness (QED) is 0.917. The molecule has 0 aliphatic heterocycles. The van der Waals surface area contributed by atoms with Gasteiger partial charge in [-0.2, -0.15) is 5.26 Å². The molecule has 0 heterocycles. The second-order valence-electron chi connectivity index (χ2n) is 3.74. The average Bonchev–Trinajstić information content (AvgIpc) is 2.42. The first kappa shape index (κ1) is 13.2. The van der Waals surface area contributed by atoms with Crippen molar-refractivity contribution in [3.8, 4) is 6.07 Å². The molecule has 0 spiro atoms. The SMILES string of the molecule is N#Cc1ccc(NC(=O)c2cccc(F)c2Br)cc1. The highest BCUT2D eigenvalue weighted by molar-refractivity contribution is 9.10. The third-order valence-electron chi connectivity index (χ3n) is 2.47. The van der Waals surface area contributed by atoms with E-state index in [-0.39, 0.29) is 10.0 Å². The lowest BCUT2D eigenvalue weighted by Crippen LogP contribution is -2.13. The fourth-order valence-corrected chi connectivity index (χ4v) is 1.95. The van der Waals surface area contributed by atoms with Crippen LogP contribution in [-0.4, -0.2) is 5.91 Å². The molecule has 94 valence electrons. The fourth-order valence-electron chi connectivity index (χ4n) is 1.51. The molecule has 1 N–H and O–H groups in total. The maximum Gasteiger partial charge on any atom is 0.256 e. The molecule has 0 bridgehead atoms. The van der Waals surface area contributed by atoms with E-state index in [1.807, 2.05) is 6.07 Å². The van der Waals surface area contributed by atoms with Crippen LogP contribution in [0.4, 0.5) is 10.1 Å². The second-order valence-corrected chi connectivity index (χ2v) is 4.54. The first-order valence-corrected chi connectivity index (χ1v) is 6.16. The van der Waals surface area contributed by atoms with Crippen molar-refractivity contribution < 1.29 is 9.18 Å². The van der Waals surface area contributed by atoms with Crippen LogP contribution in [0.5, 0.6) is 0 Å². The van der Waals surface area contributed by atoms with Gasteiger partial charge in [0.05, 0.1) is 21.7 Å². The Labute approximate surface area is 117 Å². The van der Waals surface area contributed by atoms with Crippen LogP contribution < -0.4 is 5.32 Å². The monoisotopic (exact) mass is 318 g/mol. The van der Waals surface area contributed by atoms with Crippen molar-refractivity contribution in [2.75, 3.05) is 5.32 Å². The summed E-state index contributed by atoms with van der Waals surface area (Å²) in [7, 11) is 0. The summed E-state index contributed by atoms with van der Waals surface area (Å²) in [4.78, 5) is 12.0. The molecule has 0 saturated carbocycles. The van der Waals surface area contributed by atoms with Gasteiger partial charge < -0.3 is 5.32 Å². The molecule has 0 atom stereocenters. The lowest BCUT2D eigenvalue weighted by atomic mass is 10.2. The van der Waals surface area contributed by atoms with Gasteiger partial charge in [0, 0.05) is 5.69 Å². The minimum absolute atomic E-state index is 0.126. The number of amides is 1. The van der Waals surface area contributed by atoms with Crippen molar-refractivity contribution in [2.45, 2.75) is 0 Å². The van der Waals surface area contributed by atoms with Crippen LogP contribution in [0, 0.1) is 17.1 Å². The van der Waals surface area contributed by atoms with Crippen LogP contribution in [0.25, 0.3) is 0 Å². The normalized spacial score (nSPS) is 9.74. The van der Waals surface area contributed by atoms with Gasteiger partial charge in [0.25, 0.3) is 5.91 Å². The average molecular weight is 319 g/mol. The Morgan fingerprint density at radius 1 is 1.21 bits per heavy atom. The number of carbonyl (C=O) groups excluding carboxylic acids is 1. The number of nitriles is 1. The van der Waals surface area contributed by atoms with Crippen molar-refractivity contribution >= 4 is 27.5 Å². The number of halogens is 2. The lowest BCUT2D eigenvalue weighted by molar-refractivity contribution is 0.102. The molecule has 19 heavy (non-hydrogen) atoms. The molecule has 0 unspecified atom stereocenters. The largest absolute Gasteiger partial charge is 0.322 e. The molecule has 0 fully saturated rings. The van der Waals surface area contributed by atoms with E-state index in [0.717, 1.165) is 0 Å². The first-order chi connectivity index (χ1) is 9.11. The predicted octanol–water partition coefficient (Wildman–Crippen LogP) is 3.71. The molecule has 0 aromatic heterocycles. The maximum absolute atomic E-state index is 13.3. The molecule has 3 nitrogen and oxygen atoms in total. The summed E-state index contributed by atoms with van der Waals surface area (Å²) in [5, 5.41) is 11.3. The van der Waals surface area contributed by atoms with Crippen LogP contribution in [0.1, 0.15) is 15.9 Å².